The van der Waals surface area contributed by atoms with Gasteiger partial charge in [0.15, 0.2) is 0 Å². The number of allylic oxidation sites excluding steroid dienone is 1. The molecule has 1 aliphatic rings. The molecule has 0 aliphatic carbocycles. The lowest BCUT2D eigenvalue weighted by molar-refractivity contribution is -0.122. The van der Waals surface area contributed by atoms with Crippen molar-refractivity contribution >= 4 is 5.91 Å². The molecular formula is C10H13NO. The first-order valence-electron chi connectivity index (χ1n) is 3.96. The third kappa shape index (κ3) is 1.20. The normalized spacial score (nSPS) is 26.4. The largest absolute Gasteiger partial charge is 0.315 e. The third-order valence-electron chi connectivity index (χ3n) is 2.12. The number of hydrogen-bond donors (Lipinski definition) is 0. The van der Waals surface area contributed by atoms with Crippen LogP contribution in [0.1, 0.15) is 6.92 Å². The first-order chi connectivity index (χ1) is 5.74. The van der Waals surface area contributed by atoms with Crippen LogP contribution < -0.4 is 0 Å². The first kappa shape index (κ1) is 8.78. The Balaban J connectivity index is 2.94. The van der Waals surface area contributed by atoms with Gasteiger partial charge in [0, 0.05) is 18.0 Å². The Kier molecular flexibility index (Phi) is 2.48. The van der Waals surface area contributed by atoms with Crippen molar-refractivity contribution in [1.82, 2.24) is 4.90 Å². The molecule has 0 bridgehead atoms. The molecule has 1 fully saturated rings. The molecule has 0 aromatic carbocycles. The van der Waals surface area contributed by atoms with Gasteiger partial charge in [0.05, 0.1) is 0 Å². The Morgan fingerprint density at radius 3 is 2.58 bits per heavy atom. The second-order valence-corrected chi connectivity index (χ2v) is 2.73. The van der Waals surface area contributed by atoms with Crippen LogP contribution in [0.4, 0.5) is 0 Å². The summed E-state index contributed by atoms with van der Waals surface area (Å²) in [6.45, 7) is 9.82. The van der Waals surface area contributed by atoms with E-state index in [1.165, 1.54) is 0 Å². The zero-order valence-electron chi connectivity index (χ0n) is 7.29. The molecule has 0 spiro atoms. The van der Waals surface area contributed by atoms with E-state index in [-0.39, 0.29) is 11.8 Å². The minimum atomic E-state index is 0.0531. The summed E-state index contributed by atoms with van der Waals surface area (Å²) >= 11 is 0. The lowest BCUT2D eigenvalue weighted by Gasteiger charge is -2.06. The van der Waals surface area contributed by atoms with Crippen molar-refractivity contribution in [3.63, 3.8) is 0 Å². The molecule has 1 aliphatic heterocycles. The molecule has 2 heteroatoms. The van der Waals surface area contributed by atoms with Gasteiger partial charge in [-0.2, -0.15) is 0 Å². The van der Waals surface area contributed by atoms with Crippen molar-refractivity contribution in [2.45, 2.75) is 6.92 Å². The van der Waals surface area contributed by atoms with Gasteiger partial charge in [0.2, 0.25) is 0 Å². The van der Waals surface area contributed by atoms with Crippen LogP contribution in [0, 0.1) is 5.92 Å². The highest BCUT2D eigenvalue weighted by Crippen LogP contribution is 2.24. The van der Waals surface area contributed by atoms with E-state index in [2.05, 4.69) is 13.2 Å². The molecule has 0 aromatic rings. The van der Waals surface area contributed by atoms with Gasteiger partial charge in [-0.3, -0.25) is 4.79 Å². The van der Waals surface area contributed by atoms with Gasteiger partial charge in [-0.05, 0) is 13.1 Å². The second kappa shape index (κ2) is 3.39. The Morgan fingerprint density at radius 2 is 2.25 bits per heavy atom. The summed E-state index contributed by atoms with van der Waals surface area (Å²) in [6.07, 6.45) is 5.21. The molecule has 0 radical (unpaired) electrons. The van der Waals surface area contributed by atoms with Crippen LogP contribution >= 0.6 is 0 Å². The second-order valence-electron chi connectivity index (χ2n) is 2.73. The SMILES string of the molecule is C=CC1CN(C=C)C(=O)/C1=C\C. The molecule has 1 unspecified atom stereocenters. The maximum Gasteiger partial charge on any atom is 0.254 e. The van der Waals surface area contributed by atoms with E-state index < -0.39 is 0 Å². The fourth-order valence-corrected chi connectivity index (χ4v) is 1.41. The highest BCUT2D eigenvalue weighted by molar-refractivity contribution is 5.97. The van der Waals surface area contributed by atoms with E-state index >= 15 is 0 Å². The molecule has 64 valence electrons. The standard InChI is InChI=1S/C10H13NO/c1-4-8-7-11(6-3)10(12)9(8)5-2/h4-6,8H,1,3,7H2,2H3/b9-5-. The molecule has 1 heterocycles. The Labute approximate surface area is 72.9 Å². The molecule has 2 nitrogen and oxygen atoms in total. The summed E-state index contributed by atoms with van der Waals surface area (Å²) in [5.41, 5.74) is 0.824. The minimum absolute atomic E-state index is 0.0531. The molecule has 1 saturated heterocycles. The molecule has 0 aromatic heterocycles. The van der Waals surface area contributed by atoms with Gasteiger partial charge >= 0.3 is 0 Å². The van der Waals surface area contributed by atoms with Crippen LogP contribution in [-0.4, -0.2) is 17.4 Å². The lowest BCUT2D eigenvalue weighted by atomic mass is 10.0. The fourth-order valence-electron chi connectivity index (χ4n) is 1.41. The zero-order chi connectivity index (χ0) is 9.14. The average molecular weight is 163 g/mol. The van der Waals surface area contributed by atoms with E-state index in [9.17, 15) is 4.79 Å². The highest BCUT2D eigenvalue weighted by Gasteiger charge is 2.30. The zero-order valence-corrected chi connectivity index (χ0v) is 7.29. The van der Waals surface area contributed by atoms with Crippen molar-refractivity contribution in [2.24, 2.45) is 5.92 Å². The summed E-state index contributed by atoms with van der Waals surface area (Å²) < 4.78 is 0. The third-order valence-corrected chi connectivity index (χ3v) is 2.12. The Morgan fingerprint density at radius 1 is 1.58 bits per heavy atom. The maximum atomic E-state index is 11.5. The van der Waals surface area contributed by atoms with Gasteiger partial charge in [0.25, 0.3) is 5.91 Å². The summed E-state index contributed by atoms with van der Waals surface area (Å²) in [5.74, 6) is 0.220. The molecule has 1 atom stereocenters. The predicted molar refractivity (Wildman–Crippen MR) is 49.4 cm³/mol. The van der Waals surface area contributed by atoms with E-state index in [0.29, 0.717) is 6.54 Å². The molecule has 12 heavy (non-hydrogen) atoms. The van der Waals surface area contributed by atoms with Gasteiger partial charge in [-0.1, -0.05) is 18.7 Å². The number of nitrogens with zero attached hydrogens (tertiary/aromatic N) is 1. The summed E-state index contributed by atoms with van der Waals surface area (Å²) in [6, 6.07) is 0. The van der Waals surface area contributed by atoms with Crippen molar-refractivity contribution in [3.05, 3.63) is 37.1 Å². The summed E-state index contributed by atoms with van der Waals surface area (Å²) in [4.78, 5) is 13.1. The Bertz CT molecular complexity index is 253. The van der Waals surface area contributed by atoms with Gasteiger partial charge in [-0.15, -0.1) is 6.58 Å². The van der Waals surface area contributed by atoms with Crippen LogP contribution in [0.25, 0.3) is 0 Å². The van der Waals surface area contributed by atoms with Crippen LogP contribution in [0.2, 0.25) is 0 Å². The number of carbonyl (C=O) groups excluding carboxylic acids is 1. The topological polar surface area (TPSA) is 20.3 Å². The van der Waals surface area contributed by atoms with E-state index in [1.54, 1.807) is 17.2 Å². The van der Waals surface area contributed by atoms with Crippen molar-refractivity contribution in [1.29, 1.82) is 0 Å². The Hall–Kier alpha value is -1.31. The lowest BCUT2D eigenvalue weighted by Crippen LogP contribution is -2.17. The molecule has 1 rings (SSSR count). The number of amides is 1. The highest BCUT2D eigenvalue weighted by atomic mass is 16.2. The monoisotopic (exact) mass is 163 g/mol. The van der Waals surface area contributed by atoms with E-state index in [4.69, 9.17) is 0 Å². The van der Waals surface area contributed by atoms with Crippen LogP contribution in [0.3, 0.4) is 0 Å². The number of rotatable bonds is 2. The van der Waals surface area contributed by atoms with Gasteiger partial charge in [-0.25, -0.2) is 0 Å². The van der Waals surface area contributed by atoms with Crippen molar-refractivity contribution in [3.8, 4) is 0 Å². The number of carbonyl (C=O) groups is 1. The maximum absolute atomic E-state index is 11.5. The van der Waals surface area contributed by atoms with Crippen LogP contribution in [0.5, 0.6) is 0 Å². The average Bonchev–Trinajstić information content (AvgIpc) is 2.41. The number of likely N-dealkylation sites (tertiary alicyclic amines) is 1. The predicted octanol–water partition coefficient (Wildman–Crippen LogP) is 1.72. The van der Waals surface area contributed by atoms with Gasteiger partial charge < -0.3 is 4.90 Å². The quantitative estimate of drug-likeness (QED) is 0.448. The van der Waals surface area contributed by atoms with Gasteiger partial charge in [0.1, 0.15) is 0 Å². The molecule has 0 saturated carbocycles. The van der Waals surface area contributed by atoms with E-state index in [1.807, 2.05) is 13.0 Å². The fraction of sp³-hybridized carbons (Fsp3) is 0.300. The minimum Gasteiger partial charge on any atom is -0.315 e. The van der Waals surface area contributed by atoms with Crippen LogP contribution in [0.15, 0.2) is 37.1 Å². The summed E-state index contributed by atoms with van der Waals surface area (Å²) in [5, 5.41) is 0. The summed E-state index contributed by atoms with van der Waals surface area (Å²) in [7, 11) is 0. The first-order valence-corrected chi connectivity index (χ1v) is 3.96. The molecule has 0 N–H and O–H groups in total. The van der Waals surface area contributed by atoms with Crippen LogP contribution in [-0.2, 0) is 4.79 Å². The smallest absolute Gasteiger partial charge is 0.254 e. The van der Waals surface area contributed by atoms with Crippen molar-refractivity contribution in [2.75, 3.05) is 6.54 Å². The molecule has 1 amide bonds. The molecular weight excluding hydrogens is 150 g/mol. The van der Waals surface area contributed by atoms with E-state index in [0.717, 1.165) is 5.57 Å². The number of hydrogen-bond acceptors (Lipinski definition) is 1. The van der Waals surface area contributed by atoms with Crippen molar-refractivity contribution < 1.29 is 4.79 Å².